The van der Waals surface area contributed by atoms with Gasteiger partial charge in [0.2, 0.25) is 20.0 Å². The van der Waals surface area contributed by atoms with Crippen molar-refractivity contribution in [2.75, 3.05) is 6.67 Å². The maximum Gasteiger partial charge on any atom is 0.218 e. The van der Waals surface area contributed by atoms with Crippen molar-refractivity contribution in [3.05, 3.63) is 0 Å². The summed E-state index contributed by atoms with van der Waals surface area (Å²) < 4.78 is 53.4. The molecule has 0 saturated heterocycles. The van der Waals surface area contributed by atoms with Gasteiger partial charge >= 0.3 is 0 Å². The highest BCUT2D eigenvalue weighted by atomic mass is 32.2. The van der Waals surface area contributed by atoms with E-state index in [1.165, 1.54) is 0 Å². The molecule has 2 unspecified atom stereocenters. The van der Waals surface area contributed by atoms with Crippen LogP contribution in [0.2, 0.25) is 0 Å². The van der Waals surface area contributed by atoms with Gasteiger partial charge in [0.1, 0.15) is 16.7 Å². The van der Waals surface area contributed by atoms with E-state index in [4.69, 9.17) is 0 Å². The quantitative estimate of drug-likeness (QED) is 0.587. The number of hydrogen-bond donors (Lipinski definition) is 2. The van der Waals surface area contributed by atoms with Crippen LogP contribution in [-0.2, 0) is 20.0 Å². The number of halogens is 1. The first kappa shape index (κ1) is 10.8. The molecule has 1 rings (SSSR count). The molecule has 0 spiro atoms. The maximum absolute atomic E-state index is 12.3. The summed E-state index contributed by atoms with van der Waals surface area (Å²) >= 11 is 0. The first-order valence-corrected chi connectivity index (χ1v) is 6.40. The molecule has 1 aliphatic rings. The third-order valence-electron chi connectivity index (χ3n) is 2.15. The zero-order valence-corrected chi connectivity index (χ0v) is 8.11. The molecule has 6 nitrogen and oxygen atoms in total. The predicted octanol–water partition coefficient (Wildman–Crippen LogP) is -1.96. The van der Waals surface area contributed by atoms with Gasteiger partial charge in [-0.2, -0.15) is 0 Å². The van der Waals surface area contributed by atoms with Gasteiger partial charge in [0.15, 0.2) is 0 Å². The molecule has 0 amide bonds. The number of primary sulfonamides is 2. The fraction of sp³-hybridized carbons (Fsp3) is 1.00. The van der Waals surface area contributed by atoms with E-state index in [-0.39, 0.29) is 6.42 Å². The van der Waals surface area contributed by atoms with Crippen LogP contribution in [0.25, 0.3) is 0 Å². The topological polar surface area (TPSA) is 120 Å². The molecule has 0 heterocycles. The van der Waals surface area contributed by atoms with Gasteiger partial charge in [0.25, 0.3) is 0 Å². The average molecular weight is 232 g/mol. The highest BCUT2D eigenvalue weighted by Crippen LogP contribution is 2.46. The van der Waals surface area contributed by atoms with E-state index >= 15 is 0 Å². The lowest BCUT2D eigenvalue weighted by atomic mass is 10.5. The molecule has 0 radical (unpaired) electrons. The summed E-state index contributed by atoms with van der Waals surface area (Å²) in [5.41, 5.74) is 0. The van der Waals surface area contributed by atoms with Gasteiger partial charge in [-0.3, -0.25) is 0 Å². The average Bonchev–Trinajstić information content (AvgIpc) is 2.57. The zero-order valence-electron chi connectivity index (χ0n) is 6.47. The van der Waals surface area contributed by atoms with E-state index in [2.05, 4.69) is 10.3 Å². The molecule has 0 aromatic rings. The van der Waals surface area contributed by atoms with Crippen LogP contribution in [0.4, 0.5) is 4.39 Å². The van der Waals surface area contributed by atoms with E-state index in [1.807, 2.05) is 0 Å². The summed E-state index contributed by atoms with van der Waals surface area (Å²) in [7, 11) is -8.24. The minimum Gasteiger partial charge on any atom is -0.249 e. The lowest BCUT2D eigenvalue weighted by Gasteiger charge is -2.08. The maximum atomic E-state index is 12.3. The van der Waals surface area contributed by atoms with Crippen molar-refractivity contribution < 1.29 is 21.2 Å². The van der Waals surface area contributed by atoms with Crippen LogP contribution < -0.4 is 10.3 Å². The Balaban J connectivity index is 3.09. The summed E-state index contributed by atoms with van der Waals surface area (Å²) in [5.74, 6) is 0. The third kappa shape index (κ3) is 1.56. The van der Waals surface area contributed by atoms with Crippen molar-refractivity contribution >= 4 is 20.0 Å². The summed E-state index contributed by atoms with van der Waals surface area (Å²) in [4.78, 5) is 0. The van der Waals surface area contributed by atoms with E-state index in [9.17, 15) is 21.2 Å². The minimum absolute atomic E-state index is 0.360. The zero-order chi connectivity index (χ0) is 10.5. The van der Waals surface area contributed by atoms with Crippen molar-refractivity contribution in [3.8, 4) is 0 Å². The fourth-order valence-electron chi connectivity index (χ4n) is 1.19. The van der Waals surface area contributed by atoms with Crippen molar-refractivity contribution in [3.63, 3.8) is 0 Å². The standard InChI is InChI=1S/C4H9FN2O4S2/c5-2-4(13(7,10)11)1-3(4)12(6,8)9/h3H,1-2H2,(H2,6,8,9)(H2,7,10,11). The van der Waals surface area contributed by atoms with Crippen LogP contribution in [0.1, 0.15) is 6.42 Å². The van der Waals surface area contributed by atoms with Crippen molar-refractivity contribution in [1.82, 2.24) is 0 Å². The molecule has 0 aromatic heterocycles. The molecule has 1 saturated carbocycles. The Kier molecular flexibility index (Phi) is 2.19. The molecular formula is C4H9FN2O4S2. The summed E-state index contributed by atoms with van der Waals surface area (Å²) in [6.45, 7) is -1.33. The van der Waals surface area contributed by atoms with Crippen LogP contribution in [0.15, 0.2) is 0 Å². The fourth-order valence-corrected chi connectivity index (χ4v) is 4.21. The highest BCUT2D eigenvalue weighted by molar-refractivity contribution is 7.95. The van der Waals surface area contributed by atoms with Crippen LogP contribution in [-0.4, -0.2) is 33.5 Å². The lowest BCUT2D eigenvalue weighted by Crippen LogP contribution is -2.39. The molecule has 13 heavy (non-hydrogen) atoms. The van der Waals surface area contributed by atoms with Gasteiger partial charge in [0.05, 0.1) is 0 Å². The molecule has 0 aliphatic heterocycles. The summed E-state index contributed by atoms with van der Waals surface area (Å²) in [6.07, 6.45) is -0.360. The molecule has 0 aromatic carbocycles. The Morgan fingerprint density at radius 1 is 1.31 bits per heavy atom. The van der Waals surface area contributed by atoms with E-state index in [1.54, 1.807) is 0 Å². The minimum atomic E-state index is -4.21. The summed E-state index contributed by atoms with van der Waals surface area (Å²) in [6, 6.07) is 0. The van der Waals surface area contributed by atoms with Gasteiger partial charge in [-0.25, -0.2) is 31.5 Å². The van der Waals surface area contributed by atoms with Crippen molar-refractivity contribution in [1.29, 1.82) is 0 Å². The predicted molar refractivity (Wildman–Crippen MR) is 43.3 cm³/mol. The number of alkyl halides is 1. The number of rotatable bonds is 3. The monoisotopic (exact) mass is 232 g/mol. The SMILES string of the molecule is NS(=O)(=O)C1CC1(CF)S(N)(=O)=O. The van der Waals surface area contributed by atoms with Crippen LogP contribution in [0, 0.1) is 0 Å². The second kappa shape index (κ2) is 2.62. The Labute approximate surface area is 75.2 Å². The number of nitrogens with two attached hydrogens (primary N) is 2. The molecule has 4 N–H and O–H groups in total. The molecule has 2 atom stereocenters. The molecule has 1 fully saturated rings. The van der Waals surface area contributed by atoms with Crippen molar-refractivity contribution in [2.45, 2.75) is 16.4 Å². The summed E-state index contributed by atoms with van der Waals surface area (Å²) in [5, 5.41) is 7.96. The van der Waals surface area contributed by atoms with Gasteiger partial charge in [-0.15, -0.1) is 0 Å². The van der Waals surface area contributed by atoms with Gasteiger partial charge < -0.3 is 0 Å². The molecular weight excluding hydrogens is 223 g/mol. The molecule has 9 heteroatoms. The van der Waals surface area contributed by atoms with Crippen molar-refractivity contribution in [2.24, 2.45) is 10.3 Å². The van der Waals surface area contributed by atoms with E-state index in [0.29, 0.717) is 0 Å². The van der Waals surface area contributed by atoms with E-state index in [0.717, 1.165) is 0 Å². The van der Waals surface area contributed by atoms with Crippen LogP contribution >= 0.6 is 0 Å². The molecule has 78 valence electrons. The van der Waals surface area contributed by atoms with Crippen LogP contribution in [0.5, 0.6) is 0 Å². The van der Waals surface area contributed by atoms with Gasteiger partial charge in [-0.1, -0.05) is 0 Å². The largest absolute Gasteiger partial charge is 0.249 e. The Hall–Kier alpha value is -0.250. The lowest BCUT2D eigenvalue weighted by molar-refractivity contribution is 0.456. The molecule has 0 bridgehead atoms. The highest BCUT2D eigenvalue weighted by Gasteiger charge is 2.68. The Morgan fingerprint density at radius 2 is 1.77 bits per heavy atom. The molecule has 1 aliphatic carbocycles. The van der Waals surface area contributed by atoms with Gasteiger partial charge in [0, 0.05) is 0 Å². The first-order valence-electron chi connectivity index (χ1n) is 3.25. The Morgan fingerprint density at radius 3 is 1.85 bits per heavy atom. The second-order valence-corrected chi connectivity index (χ2v) is 6.68. The normalized spacial score (nSPS) is 34.5. The van der Waals surface area contributed by atoms with E-state index < -0.39 is 36.7 Å². The first-order chi connectivity index (χ1) is 5.65. The smallest absolute Gasteiger partial charge is 0.218 e. The van der Waals surface area contributed by atoms with Gasteiger partial charge in [-0.05, 0) is 6.42 Å². The second-order valence-electron chi connectivity index (χ2n) is 3.03. The third-order valence-corrected chi connectivity index (χ3v) is 5.40. The van der Waals surface area contributed by atoms with Crippen LogP contribution in [0.3, 0.4) is 0 Å². The number of hydrogen-bond acceptors (Lipinski definition) is 4. The Bertz CT molecular complexity index is 415. The number of sulfonamides is 2.